The third kappa shape index (κ3) is 4.73. The molecule has 8 heteroatoms. The van der Waals surface area contributed by atoms with Crippen molar-refractivity contribution in [2.24, 2.45) is 0 Å². The van der Waals surface area contributed by atoms with Crippen LogP contribution in [-0.4, -0.2) is 42.1 Å². The summed E-state index contributed by atoms with van der Waals surface area (Å²) in [6.45, 7) is 2.65. The highest BCUT2D eigenvalue weighted by atomic mass is 35.5. The minimum Gasteiger partial charge on any atom is -0.489 e. The first-order valence-electron chi connectivity index (χ1n) is 9.10. The molecule has 2 heterocycles. The van der Waals surface area contributed by atoms with Crippen molar-refractivity contribution >= 4 is 40.4 Å². The maximum atomic E-state index is 12.6. The van der Waals surface area contributed by atoms with Gasteiger partial charge in [-0.05, 0) is 24.3 Å². The van der Waals surface area contributed by atoms with E-state index in [4.69, 9.17) is 32.7 Å². The first kappa shape index (κ1) is 20.2. The van der Waals surface area contributed by atoms with Gasteiger partial charge in [-0.15, -0.1) is 11.3 Å². The van der Waals surface area contributed by atoms with Gasteiger partial charge in [0.1, 0.15) is 23.1 Å². The van der Waals surface area contributed by atoms with E-state index in [-0.39, 0.29) is 5.91 Å². The maximum Gasteiger partial charge on any atom is 0.273 e. The second-order valence-corrected chi connectivity index (χ2v) is 8.14. The Hall–Kier alpha value is -2.12. The lowest BCUT2D eigenvalue weighted by Gasteiger charge is -2.25. The van der Waals surface area contributed by atoms with E-state index in [1.165, 1.54) is 11.3 Å². The quantitative estimate of drug-likeness (QED) is 0.540. The number of nitrogens with zero attached hydrogens (tertiary/aromatic N) is 2. The number of carbonyl (C=O) groups is 1. The van der Waals surface area contributed by atoms with E-state index in [2.05, 4.69) is 4.98 Å². The fourth-order valence-electron chi connectivity index (χ4n) is 2.96. The molecule has 1 saturated heterocycles. The molecule has 0 saturated carbocycles. The molecule has 1 aromatic heterocycles. The molecule has 0 N–H and O–H groups in total. The lowest BCUT2D eigenvalue weighted by Crippen LogP contribution is -2.40. The Balaban J connectivity index is 1.46. The Labute approximate surface area is 182 Å². The number of benzene rings is 2. The highest BCUT2D eigenvalue weighted by Gasteiger charge is 2.21. The Morgan fingerprint density at radius 3 is 2.69 bits per heavy atom. The van der Waals surface area contributed by atoms with E-state index in [0.717, 1.165) is 11.1 Å². The summed E-state index contributed by atoms with van der Waals surface area (Å²) in [5.74, 6) is 0.562. The summed E-state index contributed by atoms with van der Waals surface area (Å²) in [5.41, 5.74) is 2.10. The van der Waals surface area contributed by atoms with Crippen molar-refractivity contribution in [1.82, 2.24) is 9.88 Å². The standard InChI is InChI=1S/C21H18Cl2N2O3S/c22-17-4-2-1-3-14(17)12-28-15-5-6-16(18(23)11-15)20-24-19(13-29-20)21(26)25-7-9-27-10-8-25/h1-6,11,13H,7-10,12H2. The SMILES string of the molecule is O=C(c1csc(-c2ccc(OCc3ccccc3Cl)cc2Cl)n1)N1CCOCC1. The maximum absolute atomic E-state index is 12.6. The summed E-state index contributed by atoms with van der Waals surface area (Å²) in [4.78, 5) is 18.8. The van der Waals surface area contributed by atoms with E-state index < -0.39 is 0 Å². The summed E-state index contributed by atoms with van der Waals surface area (Å²) in [6.07, 6.45) is 0. The molecule has 5 nitrogen and oxygen atoms in total. The molecular weight excluding hydrogens is 431 g/mol. The molecule has 0 radical (unpaired) electrons. The number of halogens is 2. The fourth-order valence-corrected chi connectivity index (χ4v) is 4.30. The summed E-state index contributed by atoms with van der Waals surface area (Å²) < 4.78 is 11.1. The second-order valence-electron chi connectivity index (χ2n) is 6.46. The molecule has 0 atom stereocenters. The molecule has 0 bridgehead atoms. The van der Waals surface area contributed by atoms with Gasteiger partial charge in [-0.25, -0.2) is 4.98 Å². The largest absolute Gasteiger partial charge is 0.489 e. The van der Waals surface area contributed by atoms with Gasteiger partial charge >= 0.3 is 0 Å². The normalized spacial score (nSPS) is 14.1. The van der Waals surface area contributed by atoms with Crippen LogP contribution in [0.1, 0.15) is 16.1 Å². The molecule has 3 aromatic rings. The van der Waals surface area contributed by atoms with Gasteiger partial charge in [0.15, 0.2) is 0 Å². The number of hydrogen-bond acceptors (Lipinski definition) is 5. The second kappa shape index (κ2) is 9.13. The summed E-state index contributed by atoms with van der Waals surface area (Å²) >= 11 is 14.0. The Morgan fingerprint density at radius 2 is 1.93 bits per heavy atom. The molecule has 29 heavy (non-hydrogen) atoms. The molecule has 150 valence electrons. The Morgan fingerprint density at radius 1 is 1.14 bits per heavy atom. The highest BCUT2D eigenvalue weighted by Crippen LogP contribution is 2.33. The van der Waals surface area contributed by atoms with Gasteiger partial charge in [-0.2, -0.15) is 0 Å². The zero-order chi connectivity index (χ0) is 20.2. The molecule has 4 rings (SSSR count). The van der Waals surface area contributed by atoms with Crippen LogP contribution in [0, 0.1) is 0 Å². The van der Waals surface area contributed by atoms with Gasteiger partial charge in [0.2, 0.25) is 0 Å². The van der Waals surface area contributed by atoms with Crippen LogP contribution < -0.4 is 4.74 Å². The average molecular weight is 449 g/mol. The molecule has 0 aliphatic carbocycles. The van der Waals surface area contributed by atoms with Crippen LogP contribution in [0.5, 0.6) is 5.75 Å². The van der Waals surface area contributed by atoms with Gasteiger partial charge in [0.05, 0.1) is 18.2 Å². The number of amides is 1. The molecule has 1 aliphatic rings. The minimum absolute atomic E-state index is 0.0772. The topological polar surface area (TPSA) is 51.7 Å². The number of hydrogen-bond donors (Lipinski definition) is 0. The Kier molecular flexibility index (Phi) is 6.35. The van der Waals surface area contributed by atoms with Crippen LogP contribution in [-0.2, 0) is 11.3 Å². The molecule has 1 aliphatic heterocycles. The van der Waals surface area contributed by atoms with Crippen molar-refractivity contribution in [3.63, 3.8) is 0 Å². The van der Waals surface area contributed by atoms with Crippen LogP contribution in [0.3, 0.4) is 0 Å². The first-order valence-corrected chi connectivity index (χ1v) is 10.7. The molecule has 1 fully saturated rings. The van der Waals surface area contributed by atoms with E-state index >= 15 is 0 Å². The highest BCUT2D eigenvalue weighted by molar-refractivity contribution is 7.13. The van der Waals surface area contributed by atoms with Crippen molar-refractivity contribution in [1.29, 1.82) is 0 Å². The van der Waals surface area contributed by atoms with Crippen molar-refractivity contribution in [2.45, 2.75) is 6.61 Å². The van der Waals surface area contributed by atoms with Gasteiger partial charge in [0.25, 0.3) is 5.91 Å². The third-order valence-corrected chi connectivity index (χ3v) is 6.10. The van der Waals surface area contributed by atoms with E-state index in [0.29, 0.717) is 59.4 Å². The minimum atomic E-state index is -0.0772. The van der Waals surface area contributed by atoms with Crippen molar-refractivity contribution < 1.29 is 14.3 Å². The number of rotatable bonds is 5. The fraction of sp³-hybridized carbons (Fsp3) is 0.238. The Bertz CT molecular complexity index is 1020. The van der Waals surface area contributed by atoms with E-state index in [9.17, 15) is 4.79 Å². The number of morpholine rings is 1. The van der Waals surface area contributed by atoms with Crippen molar-refractivity contribution in [2.75, 3.05) is 26.3 Å². The lowest BCUT2D eigenvalue weighted by atomic mass is 10.2. The predicted molar refractivity (Wildman–Crippen MR) is 115 cm³/mol. The number of thiazole rings is 1. The lowest BCUT2D eigenvalue weighted by molar-refractivity contribution is 0.0299. The van der Waals surface area contributed by atoms with E-state index in [1.807, 2.05) is 36.4 Å². The first-order chi connectivity index (χ1) is 14.1. The average Bonchev–Trinajstić information content (AvgIpc) is 3.23. The van der Waals surface area contributed by atoms with Gasteiger partial charge < -0.3 is 14.4 Å². The summed E-state index contributed by atoms with van der Waals surface area (Å²) in [5, 5.41) is 3.65. The number of carbonyl (C=O) groups excluding carboxylic acids is 1. The summed E-state index contributed by atoms with van der Waals surface area (Å²) in [7, 11) is 0. The number of ether oxygens (including phenoxy) is 2. The van der Waals surface area contributed by atoms with Crippen molar-refractivity contribution in [3.8, 4) is 16.3 Å². The van der Waals surface area contributed by atoms with Crippen LogP contribution in [0.15, 0.2) is 47.8 Å². The monoisotopic (exact) mass is 448 g/mol. The summed E-state index contributed by atoms with van der Waals surface area (Å²) in [6, 6.07) is 13.0. The molecule has 1 amide bonds. The molecule has 2 aromatic carbocycles. The predicted octanol–water partition coefficient (Wildman–Crippen LogP) is 5.17. The van der Waals surface area contributed by atoms with Crippen LogP contribution in [0.4, 0.5) is 0 Å². The van der Waals surface area contributed by atoms with Crippen molar-refractivity contribution in [3.05, 3.63) is 69.1 Å². The van der Waals surface area contributed by atoms with Gasteiger partial charge in [0, 0.05) is 34.6 Å². The van der Waals surface area contributed by atoms with Crippen LogP contribution in [0.25, 0.3) is 10.6 Å². The van der Waals surface area contributed by atoms with Crippen LogP contribution >= 0.6 is 34.5 Å². The smallest absolute Gasteiger partial charge is 0.273 e. The van der Waals surface area contributed by atoms with Gasteiger partial charge in [-0.3, -0.25) is 4.79 Å². The van der Waals surface area contributed by atoms with Crippen LogP contribution in [0.2, 0.25) is 10.0 Å². The molecule has 0 unspecified atom stereocenters. The zero-order valence-corrected chi connectivity index (χ0v) is 17.8. The molecular formula is C21H18Cl2N2O3S. The van der Waals surface area contributed by atoms with Gasteiger partial charge in [-0.1, -0.05) is 41.4 Å². The third-order valence-electron chi connectivity index (χ3n) is 4.54. The number of aromatic nitrogens is 1. The molecule has 0 spiro atoms. The zero-order valence-electron chi connectivity index (χ0n) is 15.4. The van der Waals surface area contributed by atoms with E-state index in [1.54, 1.807) is 16.3 Å².